The fourth-order valence-electron chi connectivity index (χ4n) is 3.14. The maximum atomic E-state index is 11.6. The van der Waals surface area contributed by atoms with E-state index in [2.05, 4.69) is 10.6 Å². The fourth-order valence-corrected chi connectivity index (χ4v) is 3.14. The Labute approximate surface area is 203 Å². The zero-order chi connectivity index (χ0) is 26.1. The van der Waals surface area contributed by atoms with Gasteiger partial charge in [0.2, 0.25) is 11.8 Å². The molecule has 2 rings (SSSR count). The highest BCUT2D eigenvalue weighted by atomic mass is 16.6. The zero-order valence-corrected chi connectivity index (χ0v) is 20.1. The largest absolute Gasteiger partial charge is 0.491 e. The Kier molecular flexibility index (Phi) is 9.44. The zero-order valence-electron chi connectivity index (χ0n) is 20.1. The Bertz CT molecular complexity index is 1150. The standard InChI is InChI=1S/C24H32N6O5/c1-4-5-8-35-21-11-17(24(27)32)9-18(25)22(21)29-13-15(3)14(2)12-28-19-7-6-16(23(26)31)10-20(19)30(33)34/h6-7,9-11,28-29H,4-5,8,12-13,25H2,1-3H3,(H2,26,31)(H2,27,32)/b15-14+. The molecule has 0 unspecified atom stereocenters. The van der Waals surface area contributed by atoms with Crippen LogP contribution in [-0.4, -0.2) is 36.4 Å². The molecule has 2 aromatic rings. The van der Waals surface area contributed by atoms with Gasteiger partial charge in [-0.3, -0.25) is 19.7 Å². The number of unbranched alkanes of at least 4 members (excludes halogenated alkanes) is 1. The third-order valence-corrected chi connectivity index (χ3v) is 5.45. The van der Waals surface area contributed by atoms with Gasteiger partial charge in [-0.1, -0.05) is 24.5 Å². The van der Waals surface area contributed by atoms with Crippen LogP contribution in [0.4, 0.5) is 22.7 Å². The van der Waals surface area contributed by atoms with Crippen molar-refractivity contribution in [3.05, 3.63) is 62.7 Å². The molecular formula is C24H32N6O5. The number of carbonyl (C=O) groups excluding carboxylic acids is 2. The smallest absolute Gasteiger partial charge is 0.293 e. The number of hydrogen-bond acceptors (Lipinski definition) is 8. The lowest BCUT2D eigenvalue weighted by Gasteiger charge is -2.18. The van der Waals surface area contributed by atoms with Crippen LogP contribution in [0.1, 0.15) is 54.3 Å². The summed E-state index contributed by atoms with van der Waals surface area (Å²) in [4.78, 5) is 33.8. The van der Waals surface area contributed by atoms with Gasteiger partial charge in [-0.25, -0.2) is 0 Å². The minimum absolute atomic E-state index is 0.0618. The second kappa shape index (κ2) is 12.3. The van der Waals surface area contributed by atoms with E-state index in [1.807, 2.05) is 20.8 Å². The van der Waals surface area contributed by atoms with E-state index in [4.69, 9.17) is 21.9 Å². The topological polar surface area (TPSA) is 189 Å². The number of nitro groups is 1. The van der Waals surface area contributed by atoms with Crippen molar-refractivity contribution in [3.63, 3.8) is 0 Å². The van der Waals surface area contributed by atoms with Gasteiger partial charge in [-0.05, 0) is 44.5 Å². The maximum Gasteiger partial charge on any atom is 0.293 e. The van der Waals surface area contributed by atoms with Crippen molar-refractivity contribution in [2.45, 2.75) is 33.6 Å². The van der Waals surface area contributed by atoms with Gasteiger partial charge >= 0.3 is 0 Å². The number of benzene rings is 2. The minimum atomic E-state index is -0.737. The van der Waals surface area contributed by atoms with Crippen molar-refractivity contribution in [1.29, 1.82) is 0 Å². The minimum Gasteiger partial charge on any atom is -0.491 e. The maximum absolute atomic E-state index is 11.6. The van der Waals surface area contributed by atoms with Crippen molar-refractivity contribution in [2.24, 2.45) is 11.5 Å². The number of nitro benzene ring substituents is 1. The summed E-state index contributed by atoms with van der Waals surface area (Å²) in [6.07, 6.45) is 1.79. The highest BCUT2D eigenvalue weighted by molar-refractivity contribution is 5.96. The first-order valence-corrected chi connectivity index (χ1v) is 11.1. The molecule has 0 radical (unpaired) electrons. The molecule has 35 heavy (non-hydrogen) atoms. The third kappa shape index (κ3) is 7.36. The number of hydrogen-bond donors (Lipinski definition) is 5. The summed E-state index contributed by atoms with van der Waals surface area (Å²) in [6.45, 7) is 7.08. The molecule has 11 nitrogen and oxygen atoms in total. The van der Waals surface area contributed by atoms with Crippen LogP contribution in [0.25, 0.3) is 0 Å². The molecule has 11 heteroatoms. The van der Waals surface area contributed by atoms with Crippen molar-refractivity contribution in [1.82, 2.24) is 0 Å². The van der Waals surface area contributed by atoms with Gasteiger partial charge in [-0.2, -0.15) is 0 Å². The van der Waals surface area contributed by atoms with E-state index in [-0.39, 0.29) is 22.5 Å². The van der Waals surface area contributed by atoms with Gasteiger partial charge in [0.1, 0.15) is 17.1 Å². The van der Waals surface area contributed by atoms with Crippen LogP contribution in [0.3, 0.4) is 0 Å². The predicted octanol–water partition coefficient (Wildman–Crippen LogP) is 3.41. The van der Waals surface area contributed by atoms with Crippen molar-refractivity contribution in [2.75, 3.05) is 36.1 Å². The molecule has 0 spiro atoms. The molecule has 0 atom stereocenters. The number of nitrogen functional groups attached to an aromatic ring is 1. The van der Waals surface area contributed by atoms with E-state index < -0.39 is 16.7 Å². The molecule has 2 aromatic carbocycles. The van der Waals surface area contributed by atoms with Gasteiger partial charge in [0.25, 0.3) is 5.69 Å². The molecule has 0 bridgehead atoms. The highest BCUT2D eigenvalue weighted by Crippen LogP contribution is 2.33. The predicted molar refractivity (Wildman–Crippen MR) is 137 cm³/mol. The highest BCUT2D eigenvalue weighted by Gasteiger charge is 2.17. The summed E-state index contributed by atoms with van der Waals surface area (Å²) >= 11 is 0. The molecule has 0 aliphatic carbocycles. The van der Waals surface area contributed by atoms with Crippen LogP contribution >= 0.6 is 0 Å². The van der Waals surface area contributed by atoms with Crippen molar-refractivity contribution in [3.8, 4) is 5.75 Å². The van der Waals surface area contributed by atoms with Crippen LogP contribution in [0.2, 0.25) is 0 Å². The number of ether oxygens (including phenoxy) is 1. The summed E-state index contributed by atoms with van der Waals surface area (Å²) in [7, 11) is 0. The molecule has 0 saturated heterocycles. The Morgan fingerprint density at radius 1 is 1.00 bits per heavy atom. The second-order valence-corrected chi connectivity index (χ2v) is 8.13. The lowest BCUT2D eigenvalue weighted by molar-refractivity contribution is -0.384. The average molecular weight is 485 g/mol. The first-order chi connectivity index (χ1) is 16.5. The molecule has 0 heterocycles. The molecular weight excluding hydrogens is 452 g/mol. The number of rotatable bonds is 13. The Morgan fingerprint density at radius 3 is 2.20 bits per heavy atom. The Morgan fingerprint density at radius 2 is 1.63 bits per heavy atom. The van der Waals surface area contributed by atoms with E-state index in [0.29, 0.717) is 36.8 Å². The first-order valence-electron chi connectivity index (χ1n) is 11.1. The Balaban J connectivity index is 2.16. The fraction of sp³-hybridized carbons (Fsp3) is 0.333. The number of carbonyl (C=O) groups is 2. The van der Waals surface area contributed by atoms with E-state index in [9.17, 15) is 19.7 Å². The van der Waals surface area contributed by atoms with E-state index in [0.717, 1.165) is 30.1 Å². The third-order valence-electron chi connectivity index (χ3n) is 5.45. The molecule has 0 aliphatic rings. The summed E-state index contributed by atoms with van der Waals surface area (Å²) in [5.41, 5.74) is 19.9. The van der Waals surface area contributed by atoms with Crippen LogP contribution in [0.15, 0.2) is 41.5 Å². The molecule has 188 valence electrons. The van der Waals surface area contributed by atoms with Crippen LogP contribution in [0, 0.1) is 10.1 Å². The number of amides is 2. The van der Waals surface area contributed by atoms with Crippen LogP contribution in [0.5, 0.6) is 5.75 Å². The lowest BCUT2D eigenvalue weighted by atomic mass is 10.1. The monoisotopic (exact) mass is 484 g/mol. The summed E-state index contributed by atoms with van der Waals surface area (Å²) < 4.78 is 5.83. The summed E-state index contributed by atoms with van der Waals surface area (Å²) in [5, 5.41) is 17.7. The van der Waals surface area contributed by atoms with Gasteiger partial charge in [0, 0.05) is 30.3 Å². The lowest BCUT2D eigenvalue weighted by Crippen LogP contribution is -2.15. The first kappa shape index (κ1) is 27.0. The number of anilines is 3. The summed E-state index contributed by atoms with van der Waals surface area (Å²) in [6, 6.07) is 7.11. The second-order valence-electron chi connectivity index (χ2n) is 8.13. The molecule has 8 N–H and O–H groups in total. The van der Waals surface area contributed by atoms with E-state index >= 15 is 0 Å². The van der Waals surface area contributed by atoms with Gasteiger partial charge in [0.05, 0.1) is 17.2 Å². The molecule has 0 aliphatic heterocycles. The Hall–Kier alpha value is -4.28. The van der Waals surface area contributed by atoms with Crippen molar-refractivity contribution >= 4 is 34.6 Å². The van der Waals surface area contributed by atoms with Crippen LogP contribution in [-0.2, 0) is 0 Å². The number of nitrogens with zero attached hydrogens (tertiary/aromatic N) is 1. The molecule has 2 amide bonds. The van der Waals surface area contributed by atoms with Crippen molar-refractivity contribution < 1.29 is 19.2 Å². The number of nitrogens with two attached hydrogens (primary N) is 3. The molecule has 0 aromatic heterocycles. The number of primary amides is 2. The summed E-state index contributed by atoms with van der Waals surface area (Å²) in [5.74, 6) is -0.889. The molecule has 0 saturated carbocycles. The average Bonchev–Trinajstić information content (AvgIpc) is 2.81. The number of nitrogens with one attached hydrogen (secondary N) is 2. The van der Waals surface area contributed by atoms with E-state index in [1.54, 1.807) is 6.07 Å². The quantitative estimate of drug-likeness (QED) is 0.0939. The molecule has 0 fully saturated rings. The SMILES string of the molecule is CCCCOc1cc(C(N)=O)cc(N)c1NC/C(C)=C(\C)CNc1ccc(C(N)=O)cc1[N+](=O)[O-]. The van der Waals surface area contributed by atoms with Gasteiger partial charge in [0.15, 0.2) is 0 Å². The van der Waals surface area contributed by atoms with Gasteiger partial charge < -0.3 is 32.6 Å². The van der Waals surface area contributed by atoms with Crippen LogP contribution < -0.4 is 32.6 Å². The van der Waals surface area contributed by atoms with Gasteiger partial charge in [-0.15, -0.1) is 0 Å². The normalized spacial score (nSPS) is 11.4. The van der Waals surface area contributed by atoms with E-state index in [1.165, 1.54) is 18.2 Å².